The first-order chi connectivity index (χ1) is 46.1. The number of primary amides is 1. The van der Waals surface area contributed by atoms with Gasteiger partial charge in [0.2, 0.25) is 35.4 Å². The molecule has 2 aromatic heterocycles. The van der Waals surface area contributed by atoms with E-state index in [-0.39, 0.29) is 121 Å². The molecule has 6 fully saturated rings. The minimum Gasteiger partial charge on any atom is -0.445 e. The lowest BCUT2D eigenvalue weighted by atomic mass is 8.92. The third-order valence-electron chi connectivity index (χ3n) is 21.6. The van der Waals surface area contributed by atoms with Crippen LogP contribution in [0.4, 0.5) is 31.4 Å². The number of halogens is 2. The van der Waals surface area contributed by atoms with E-state index >= 15 is 9.59 Å². The topological polar surface area (TPSA) is 396 Å². The Balaban J connectivity index is 0.649. The van der Waals surface area contributed by atoms with Gasteiger partial charge >= 0.3 is 26.0 Å². The third-order valence-corrected chi connectivity index (χ3v) is 22.8. The Bertz CT molecular complexity index is 4050. The van der Waals surface area contributed by atoms with Gasteiger partial charge in [-0.15, -0.1) is 23.2 Å². The molecule has 0 saturated heterocycles. The number of aromatic nitrogens is 2. The molecule has 97 heavy (non-hydrogen) atoms. The van der Waals surface area contributed by atoms with E-state index in [9.17, 15) is 47.9 Å². The molecule has 520 valence electrons. The van der Waals surface area contributed by atoms with E-state index in [1.807, 2.05) is 24.9 Å². The summed E-state index contributed by atoms with van der Waals surface area (Å²) < 4.78 is 29.1. The van der Waals surface area contributed by atoms with Crippen LogP contribution in [0.1, 0.15) is 92.5 Å². The number of H-pyrrole nitrogens is 2. The van der Waals surface area contributed by atoms with E-state index in [1.54, 1.807) is 55.3 Å². The second-order valence-corrected chi connectivity index (χ2v) is 29.2. The summed E-state index contributed by atoms with van der Waals surface area (Å²) in [7, 11) is -1.92. The average Bonchev–Trinajstić information content (AvgIpc) is 0.620. The van der Waals surface area contributed by atoms with Crippen LogP contribution in [-0.4, -0.2) is 166 Å². The molecule has 13 N–H and O–H groups in total. The number of carbonyl (C=O) groups excluding carboxylic acids is 9. The quantitative estimate of drug-likeness (QED) is 0.0159. The molecule has 0 bridgehead atoms. The van der Waals surface area contributed by atoms with E-state index in [2.05, 4.69) is 36.6 Å². The SMILES string of the molecule is CC(=O)N[C@@H](CCCCN)C(=O)N[C@H](C(=O)N[C@@H](CCCNC(N)=O)C(=O)Nc1ccc(COC(=O)N(C)CCN(C)C(=O)Oc2cc3c(c4c(C)c[nH]c24)[C@H](CCl)CN3C(=O)C23C4C5C2C2C3C4C52C(=O)N2C[C@@H](CCl)c3c2cc(OP(=O)(O)O)c2[nH]cc(C)c32)cc1)C(C)C. The van der Waals surface area contributed by atoms with Gasteiger partial charge in [-0.1, -0.05) is 26.0 Å². The molecular formula is C66H82Cl2N13O15P. The number of urea groups is 1. The Kier molecular flexibility index (Phi) is 18.6. The highest BCUT2D eigenvalue weighted by Gasteiger charge is 3.13. The maximum Gasteiger partial charge on any atom is 0.524 e. The van der Waals surface area contributed by atoms with Gasteiger partial charge in [0.05, 0.1) is 33.2 Å². The number of phosphoric ester groups is 1. The van der Waals surface area contributed by atoms with E-state index in [0.717, 1.165) is 33.0 Å². The van der Waals surface area contributed by atoms with Crippen molar-refractivity contribution >= 4 is 124 Å². The molecule has 5 aromatic rings. The summed E-state index contributed by atoms with van der Waals surface area (Å²) in [6, 6.07) is 5.84. The van der Waals surface area contributed by atoms with Crippen molar-refractivity contribution in [2.45, 2.75) is 103 Å². The fourth-order valence-electron chi connectivity index (χ4n) is 17.5. The lowest BCUT2D eigenvalue weighted by Gasteiger charge is -3.09. The Hall–Kier alpha value is -8.14. The minimum absolute atomic E-state index is 0.00675. The first-order valence-electron chi connectivity index (χ1n) is 32.8. The van der Waals surface area contributed by atoms with Crippen LogP contribution in [0, 0.1) is 66.1 Å². The zero-order chi connectivity index (χ0) is 69.6. The van der Waals surface area contributed by atoms with E-state index in [0.29, 0.717) is 72.6 Å². The Morgan fingerprint density at radius 2 is 1.22 bits per heavy atom. The number of unbranched alkanes of at least 4 members (excludes halogenated alkanes) is 1. The van der Waals surface area contributed by atoms with Crippen LogP contribution in [0.25, 0.3) is 21.8 Å². The van der Waals surface area contributed by atoms with Crippen molar-refractivity contribution in [3.63, 3.8) is 0 Å². The number of rotatable bonds is 28. The number of carbonyl (C=O) groups is 9. The summed E-state index contributed by atoms with van der Waals surface area (Å²) in [5, 5.41) is 14.9. The van der Waals surface area contributed by atoms with Gasteiger partial charge in [-0.3, -0.25) is 38.6 Å². The molecule has 10 amide bonds. The van der Waals surface area contributed by atoms with E-state index in [4.69, 9.17) is 48.7 Å². The van der Waals surface area contributed by atoms with Crippen LogP contribution in [0.3, 0.4) is 0 Å². The summed E-state index contributed by atoms with van der Waals surface area (Å²) >= 11 is 13.3. The molecular weight excluding hydrogens is 1320 g/mol. The van der Waals surface area contributed by atoms with Crippen molar-refractivity contribution in [3.8, 4) is 11.5 Å². The Labute approximate surface area is 568 Å². The highest BCUT2D eigenvalue weighted by atomic mass is 35.5. The summed E-state index contributed by atoms with van der Waals surface area (Å²) in [5.41, 5.74) is 16.1. The zero-order valence-electron chi connectivity index (χ0n) is 54.8. The van der Waals surface area contributed by atoms with Gasteiger partial charge in [-0.05, 0) is 134 Å². The molecule has 3 aromatic carbocycles. The van der Waals surface area contributed by atoms with Crippen molar-refractivity contribution in [1.29, 1.82) is 0 Å². The Morgan fingerprint density at radius 3 is 1.71 bits per heavy atom. The van der Waals surface area contributed by atoms with Gasteiger partial charge in [0.15, 0.2) is 11.5 Å². The number of ether oxygens (including phenoxy) is 2. The molecule has 4 heterocycles. The molecule has 6 saturated carbocycles. The number of amides is 10. The van der Waals surface area contributed by atoms with Crippen molar-refractivity contribution in [2.75, 3.05) is 80.2 Å². The highest BCUT2D eigenvalue weighted by molar-refractivity contribution is 7.46. The maximum absolute atomic E-state index is 15.4. The summed E-state index contributed by atoms with van der Waals surface area (Å²) in [4.78, 5) is 154. The zero-order valence-corrected chi connectivity index (χ0v) is 57.2. The average molecular weight is 1400 g/mol. The smallest absolute Gasteiger partial charge is 0.445 e. The fourth-order valence-corrected chi connectivity index (χ4v) is 18.4. The van der Waals surface area contributed by atoms with Crippen LogP contribution < -0.4 is 57.1 Å². The van der Waals surface area contributed by atoms with Crippen LogP contribution in [-0.2, 0) is 44.7 Å². The van der Waals surface area contributed by atoms with Crippen LogP contribution in [0.2, 0.25) is 0 Å². The Morgan fingerprint density at radius 1 is 0.711 bits per heavy atom. The van der Waals surface area contributed by atoms with Gasteiger partial charge in [0.1, 0.15) is 24.7 Å². The van der Waals surface area contributed by atoms with Gasteiger partial charge < -0.3 is 81.6 Å². The van der Waals surface area contributed by atoms with Gasteiger partial charge in [0, 0.05) is 118 Å². The number of phosphoric acid groups is 1. The predicted molar refractivity (Wildman–Crippen MR) is 359 cm³/mol. The lowest BCUT2D eigenvalue weighted by Crippen LogP contribution is -3.12. The van der Waals surface area contributed by atoms with Crippen molar-refractivity contribution < 1.29 is 71.5 Å². The van der Waals surface area contributed by atoms with Gasteiger partial charge in [-0.2, -0.15) is 0 Å². The summed E-state index contributed by atoms with van der Waals surface area (Å²) in [6.45, 7) is 9.65. The number of likely N-dealkylation sites (N-methyl/N-ethyl adjacent to an activating group) is 2. The minimum atomic E-state index is -4.97. The van der Waals surface area contributed by atoms with Crippen LogP contribution in [0.15, 0.2) is 48.8 Å². The predicted octanol–water partition coefficient (Wildman–Crippen LogP) is 5.86. The van der Waals surface area contributed by atoms with Gasteiger partial charge in [-0.25, -0.2) is 18.9 Å². The number of aromatic amines is 2. The number of hydrogen-bond donors (Lipinski definition) is 11. The number of nitrogens with zero attached hydrogens (tertiary/aromatic N) is 4. The molecule has 8 aliphatic rings. The van der Waals surface area contributed by atoms with Crippen LogP contribution >= 0.6 is 31.0 Å². The lowest BCUT2D eigenvalue weighted by molar-refractivity contribution is -0.623. The second-order valence-electron chi connectivity index (χ2n) is 27.4. The van der Waals surface area contributed by atoms with Crippen molar-refractivity contribution in [2.24, 2.45) is 63.7 Å². The molecule has 0 spiro atoms. The highest BCUT2D eigenvalue weighted by Crippen LogP contribution is 3.10. The summed E-state index contributed by atoms with van der Waals surface area (Å²) in [5.74, 6) is -2.41. The number of nitrogens with one attached hydrogen (secondary N) is 7. The van der Waals surface area contributed by atoms with Crippen molar-refractivity contribution in [1.82, 2.24) is 41.0 Å². The molecule has 28 nitrogen and oxygen atoms in total. The molecule has 6 aliphatic carbocycles. The number of alkyl halides is 2. The summed E-state index contributed by atoms with van der Waals surface area (Å²) in [6.07, 6.45) is 3.97. The second kappa shape index (κ2) is 26.3. The standard InChI is InChI=1S/C66H82Cl2N13O15P/c1-30(2)54(77-58(84)38(74-33(5)82)11-8-9-17-69)59(85)76-39(12-10-18-71-62(70)88)57(83)75-37-15-13-34(14-16-37)29-94-63(89)78(6)19-20-79(7)64(90)95-42-21-40-46(44-31(3)25-72-55(42)44)35(23-67)27-80(40)60(86)65-48-51-49(65)53-50(65)52(48)66(51,53)61(87)81-28-36(24-68)47-41(81)22-43(96-97(91,92)93)56-45(47)32(4)26-73-56/h13-16,21-22,25-26,30,35-36,38-39,48-54,72-73H,8-12,17-20,23-24,27-29,69H2,1-7H3,(H,74,82)(H,75,83)(H,76,85)(H,77,84)(H3,70,71,88)(H2,91,92,93)/t35-,36-,38+,39+,48?,49?,50?,51?,52?,53?,54+,65?,66?/m1/s1. The van der Waals surface area contributed by atoms with E-state index < -0.39 is 84.5 Å². The largest absolute Gasteiger partial charge is 0.524 e. The molecule has 13 rings (SSSR count). The van der Waals surface area contributed by atoms with Crippen molar-refractivity contribution in [3.05, 3.63) is 76.6 Å². The normalized spacial score (nSPS) is 24.8. The number of hydrogen-bond acceptors (Lipinski definition) is 14. The molecule has 5 atom stereocenters. The monoisotopic (exact) mass is 1400 g/mol. The first kappa shape index (κ1) is 68.8. The molecule has 0 unspecified atom stereocenters. The van der Waals surface area contributed by atoms with Gasteiger partial charge in [0.25, 0.3) is 0 Å². The number of fused-ring (bicyclic) bond motifs is 6. The molecule has 31 heteroatoms. The molecule has 0 radical (unpaired) electrons. The number of nitrogens with two attached hydrogens (primary N) is 2. The first-order valence-corrected chi connectivity index (χ1v) is 35.4. The number of anilines is 3. The number of aryl methyl sites for hydroxylation is 2. The maximum atomic E-state index is 15.4. The molecule has 2 aliphatic heterocycles. The van der Waals surface area contributed by atoms with E-state index in [1.165, 1.54) is 36.9 Å². The number of benzene rings is 3. The third kappa shape index (κ3) is 11.4. The fraction of sp³-hybridized carbons (Fsp3) is 0.530. The van der Waals surface area contributed by atoms with Crippen LogP contribution in [0.5, 0.6) is 11.5 Å².